The van der Waals surface area contributed by atoms with Gasteiger partial charge in [0, 0.05) is 18.0 Å². The van der Waals surface area contributed by atoms with Crippen molar-refractivity contribution in [2.45, 2.75) is 50.6 Å². The molecule has 0 aromatic carbocycles. The molecule has 2 fully saturated rings. The van der Waals surface area contributed by atoms with Crippen molar-refractivity contribution in [1.29, 1.82) is 0 Å². The molecule has 0 unspecified atom stereocenters. The van der Waals surface area contributed by atoms with Crippen molar-refractivity contribution in [3.63, 3.8) is 0 Å². The second kappa shape index (κ2) is 4.72. The van der Waals surface area contributed by atoms with E-state index in [0.29, 0.717) is 6.04 Å². The van der Waals surface area contributed by atoms with Crippen molar-refractivity contribution in [2.75, 3.05) is 0 Å². The number of carbonyl (C=O) groups excluding carboxylic acids is 1. The Bertz CT molecular complexity index is 281. The number of nitrogens with one attached hydrogen (secondary N) is 2. The van der Waals surface area contributed by atoms with Crippen LogP contribution in [0.5, 0.6) is 0 Å². The molecule has 3 N–H and O–H groups in total. The minimum Gasteiger partial charge on any atom is -0.465 e. The minimum absolute atomic E-state index is 0.0301. The topological polar surface area (TPSA) is 78.4 Å². The minimum atomic E-state index is -0.967. The van der Waals surface area contributed by atoms with Crippen molar-refractivity contribution in [2.24, 2.45) is 5.92 Å². The van der Waals surface area contributed by atoms with E-state index < -0.39 is 6.09 Å². The fourth-order valence-corrected chi connectivity index (χ4v) is 2.22. The second-order valence-electron chi connectivity index (χ2n) is 4.78. The number of rotatable bonds is 3. The van der Waals surface area contributed by atoms with Crippen LogP contribution >= 0.6 is 0 Å². The summed E-state index contributed by atoms with van der Waals surface area (Å²) in [7, 11) is 0. The molecule has 0 spiro atoms. The van der Waals surface area contributed by atoms with Gasteiger partial charge >= 0.3 is 6.09 Å². The molecule has 2 saturated carbocycles. The van der Waals surface area contributed by atoms with Crippen LogP contribution in [0.2, 0.25) is 0 Å². The third-order valence-electron chi connectivity index (χ3n) is 3.35. The summed E-state index contributed by atoms with van der Waals surface area (Å²) in [5.41, 5.74) is 0. The Morgan fingerprint density at radius 1 is 0.875 bits per heavy atom. The van der Waals surface area contributed by atoms with Gasteiger partial charge in [0.15, 0.2) is 0 Å². The second-order valence-corrected chi connectivity index (χ2v) is 4.78. The summed E-state index contributed by atoms with van der Waals surface area (Å²) < 4.78 is 0. The van der Waals surface area contributed by atoms with Gasteiger partial charge < -0.3 is 15.7 Å². The quantitative estimate of drug-likeness (QED) is 0.674. The van der Waals surface area contributed by atoms with Gasteiger partial charge in [0.1, 0.15) is 0 Å². The highest BCUT2D eigenvalue weighted by atomic mass is 16.4. The van der Waals surface area contributed by atoms with Gasteiger partial charge in [-0.05, 0) is 38.5 Å². The average molecular weight is 226 g/mol. The van der Waals surface area contributed by atoms with E-state index in [1.807, 2.05) is 0 Å². The Morgan fingerprint density at radius 3 is 1.88 bits per heavy atom. The lowest BCUT2D eigenvalue weighted by molar-refractivity contribution is -0.126. The van der Waals surface area contributed by atoms with Crippen molar-refractivity contribution in [1.82, 2.24) is 10.6 Å². The largest absolute Gasteiger partial charge is 0.465 e. The monoisotopic (exact) mass is 226 g/mol. The van der Waals surface area contributed by atoms with E-state index >= 15 is 0 Å². The zero-order valence-corrected chi connectivity index (χ0v) is 9.24. The standard InChI is InChI=1S/C11H18N2O3/c14-10(12-8-5-6-8)7-1-3-9(4-2-7)13-11(15)16/h7-9,13H,1-6H2,(H,12,14)(H,15,16)/t7-,9-. The van der Waals surface area contributed by atoms with Gasteiger partial charge in [-0.15, -0.1) is 0 Å². The van der Waals surface area contributed by atoms with Gasteiger partial charge in [0.25, 0.3) is 0 Å². The lowest BCUT2D eigenvalue weighted by Gasteiger charge is -2.27. The molecule has 0 heterocycles. The molecule has 90 valence electrons. The van der Waals surface area contributed by atoms with Gasteiger partial charge in [0.05, 0.1) is 0 Å². The summed E-state index contributed by atoms with van der Waals surface area (Å²) in [5.74, 6) is 0.253. The highest BCUT2D eigenvalue weighted by Gasteiger charge is 2.30. The summed E-state index contributed by atoms with van der Waals surface area (Å²) in [6, 6.07) is 0.449. The number of carbonyl (C=O) groups is 2. The van der Waals surface area contributed by atoms with E-state index in [1.165, 1.54) is 0 Å². The first-order chi connectivity index (χ1) is 7.65. The smallest absolute Gasteiger partial charge is 0.404 e. The van der Waals surface area contributed by atoms with E-state index in [0.717, 1.165) is 38.5 Å². The van der Waals surface area contributed by atoms with Crippen molar-refractivity contribution >= 4 is 12.0 Å². The van der Waals surface area contributed by atoms with E-state index in [2.05, 4.69) is 10.6 Å². The molecule has 0 aromatic rings. The van der Waals surface area contributed by atoms with Crippen LogP contribution in [-0.4, -0.2) is 29.2 Å². The van der Waals surface area contributed by atoms with E-state index in [4.69, 9.17) is 5.11 Å². The van der Waals surface area contributed by atoms with Crippen molar-refractivity contribution in [3.05, 3.63) is 0 Å². The number of hydrogen-bond donors (Lipinski definition) is 3. The molecule has 5 heteroatoms. The van der Waals surface area contributed by atoms with Gasteiger partial charge in [0.2, 0.25) is 5.91 Å². The molecule has 2 amide bonds. The molecule has 2 aliphatic rings. The maximum absolute atomic E-state index is 11.7. The molecule has 0 atom stereocenters. The molecule has 5 nitrogen and oxygen atoms in total. The predicted molar refractivity (Wildman–Crippen MR) is 58.1 cm³/mol. The maximum Gasteiger partial charge on any atom is 0.404 e. The average Bonchev–Trinajstić information content (AvgIpc) is 3.01. The van der Waals surface area contributed by atoms with Crippen LogP contribution in [0.15, 0.2) is 0 Å². The number of carboxylic acid groups (broad SMARTS) is 1. The van der Waals surface area contributed by atoms with Crippen LogP contribution in [0.4, 0.5) is 4.79 Å². The first kappa shape index (κ1) is 11.2. The zero-order valence-electron chi connectivity index (χ0n) is 9.24. The summed E-state index contributed by atoms with van der Waals surface area (Å²) in [4.78, 5) is 22.2. The Balaban J connectivity index is 1.71. The molecular formula is C11H18N2O3. The Labute approximate surface area is 94.6 Å². The fourth-order valence-electron chi connectivity index (χ4n) is 2.22. The highest BCUT2D eigenvalue weighted by Crippen LogP contribution is 2.26. The highest BCUT2D eigenvalue weighted by molar-refractivity contribution is 5.79. The molecule has 0 bridgehead atoms. The Kier molecular flexibility index (Phi) is 3.31. The van der Waals surface area contributed by atoms with Crippen LogP contribution in [0.3, 0.4) is 0 Å². The third-order valence-corrected chi connectivity index (χ3v) is 3.35. The molecule has 0 saturated heterocycles. The lowest BCUT2D eigenvalue weighted by Crippen LogP contribution is -2.40. The normalized spacial score (nSPS) is 29.5. The molecule has 0 aliphatic heterocycles. The molecule has 0 radical (unpaired) electrons. The van der Waals surface area contributed by atoms with E-state index in [-0.39, 0.29) is 17.9 Å². The van der Waals surface area contributed by atoms with E-state index in [9.17, 15) is 9.59 Å². The SMILES string of the molecule is O=C(O)N[C@H]1CC[C@H](C(=O)NC2CC2)CC1. The molecule has 2 aliphatic carbocycles. The van der Waals surface area contributed by atoms with Gasteiger partial charge in [-0.3, -0.25) is 4.79 Å². The van der Waals surface area contributed by atoms with Gasteiger partial charge in [-0.1, -0.05) is 0 Å². The molecule has 16 heavy (non-hydrogen) atoms. The molecular weight excluding hydrogens is 208 g/mol. The summed E-state index contributed by atoms with van der Waals surface area (Å²) in [5, 5.41) is 14.1. The lowest BCUT2D eigenvalue weighted by atomic mass is 9.85. The van der Waals surface area contributed by atoms with E-state index in [1.54, 1.807) is 0 Å². The number of amides is 2. The van der Waals surface area contributed by atoms with Crippen LogP contribution < -0.4 is 10.6 Å². The van der Waals surface area contributed by atoms with Gasteiger partial charge in [-0.25, -0.2) is 4.79 Å². The van der Waals surface area contributed by atoms with Crippen LogP contribution in [0.25, 0.3) is 0 Å². The van der Waals surface area contributed by atoms with Crippen LogP contribution in [0, 0.1) is 5.92 Å². The third kappa shape index (κ3) is 3.12. The van der Waals surface area contributed by atoms with Gasteiger partial charge in [-0.2, -0.15) is 0 Å². The Morgan fingerprint density at radius 2 is 1.38 bits per heavy atom. The zero-order chi connectivity index (χ0) is 11.5. The summed E-state index contributed by atoms with van der Waals surface area (Å²) >= 11 is 0. The first-order valence-electron chi connectivity index (χ1n) is 5.95. The first-order valence-corrected chi connectivity index (χ1v) is 5.95. The molecule has 0 aromatic heterocycles. The number of hydrogen-bond acceptors (Lipinski definition) is 2. The van der Waals surface area contributed by atoms with Crippen LogP contribution in [0.1, 0.15) is 38.5 Å². The van der Waals surface area contributed by atoms with Crippen LogP contribution in [-0.2, 0) is 4.79 Å². The summed E-state index contributed by atoms with van der Waals surface area (Å²) in [6.45, 7) is 0. The van der Waals surface area contributed by atoms with Crippen molar-refractivity contribution < 1.29 is 14.7 Å². The molecule has 2 rings (SSSR count). The summed E-state index contributed by atoms with van der Waals surface area (Å²) in [6.07, 6.45) is 4.39. The predicted octanol–water partition coefficient (Wildman–Crippen LogP) is 1.09. The maximum atomic E-state index is 11.7. The van der Waals surface area contributed by atoms with Crippen molar-refractivity contribution in [3.8, 4) is 0 Å². The Hall–Kier alpha value is -1.26. The fraction of sp³-hybridized carbons (Fsp3) is 0.818.